The van der Waals surface area contributed by atoms with Gasteiger partial charge in [0.15, 0.2) is 5.13 Å². The number of nitrogens with one attached hydrogen (secondary N) is 2. The van der Waals surface area contributed by atoms with Crippen LogP contribution in [0.5, 0.6) is 0 Å². The van der Waals surface area contributed by atoms with E-state index in [1.54, 1.807) is 11.5 Å². The van der Waals surface area contributed by atoms with Crippen LogP contribution in [0.1, 0.15) is 25.0 Å². The number of aliphatic imine (C=N–C) groups is 1. The minimum absolute atomic E-state index is 0.0464. The molecule has 0 bridgehead atoms. The largest absolute Gasteiger partial charge is 0.376 e. The van der Waals surface area contributed by atoms with Crippen molar-refractivity contribution in [3.8, 4) is 0 Å². The first-order chi connectivity index (χ1) is 12.6. The van der Waals surface area contributed by atoms with Crippen LogP contribution in [0.4, 0.5) is 5.13 Å². The Hall–Kier alpha value is -2.39. The van der Waals surface area contributed by atoms with Crippen molar-refractivity contribution in [1.82, 2.24) is 10.3 Å². The van der Waals surface area contributed by atoms with E-state index < -0.39 is 17.7 Å². The zero-order valence-corrected chi connectivity index (χ0v) is 15.0. The number of anilines is 1. The van der Waals surface area contributed by atoms with E-state index in [9.17, 15) is 14.4 Å². The summed E-state index contributed by atoms with van der Waals surface area (Å²) < 4.78 is 5.46. The Morgan fingerprint density at radius 2 is 2.27 bits per heavy atom. The quantitative estimate of drug-likeness (QED) is 0.693. The van der Waals surface area contributed by atoms with Gasteiger partial charge in [0.1, 0.15) is 5.92 Å². The highest BCUT2D eigenvalue weighted by molar-refractivity contribution is 7.13. The zero-order chi connectivity index (χ0) is 18.4. The molecule has 0 aliphatic carbocycles. The van der Waals surface area contributed by atoms with Crippen molar-refractivity contribution >= 4 is 40.4 Å². The lowest BCUT2D eigenvalue weighted by molar-refractivity contribution is -0.128. The molecule has 3 rings (SSSR count). The highest BCUT2D eigenvalue weighted by Gasteiger charge is 2.25. The average molecular weight is 376 g/mol. The molecular formula is C17H20N4O4S. The van der Waals surface area contributed by atoms with Gasteiger partial charge in [0.05, 0.1) is 11.8 Å². The van der Waals surface area contributed by atoms with E-state index in [4.69, 9.17) is 4.74 Å². The third-order valence-corrected chi connectivity index (χ3v) is 4.89. The number of allylic oxidation sites excluding steroid dienone is 1. The molecule has 1 saturated heterocycles. The number of rotatable bonds is 7. The molecule has 3 amide bonds. The van der Waals surface area contributed by atoms with E-state index in [-0.39, 0.29) is 12.0 Å². The topological polar surface area (TPSA) is 110 Å². The minimum Gasteiger partial charge on any atom is -0.376 e. The SMILES string of the molecule is O=C(CCc1csc(NC(=O)C2C=CC=NC2=O)n1)NCC1CCCO1. The fourth-order valence-corrected chi connectivity index (χ4v) is 3.41. The number of nitrogens with zero attached hydrogens (tertiary/aromatic N) is 2. The molecule has 2 unspecified atom stereocenters. The van der Waals surface area contributed by atoms with Gasteiger partial charge in [-0.1, -0.05) is 6.08 Å². The number of aryl methyl sites for hydroxylation is 1. The molecule has 1 aromatic rings. The Labute approximate surface area is 154 Å². The van der Waals surface area contributed by atoms with Crippen LogP contribution in [0.3, 0.4) is 0 Å². The second-order valence-electron chi connectivity index (χ2n) is 6.05. The molecule has 2 atom stereocenters. The van der Waals surface area contributed by atoms with Crippen molar-refractivity contribution in [3.63, 3.8) is 0 Å². The summed E-state index contributed by atoms with van der Waals surface area (Å²) in [6.45, 7) is 1.31. The highest BCUT2D eigenvalue weighted by atomic mass is 32.1. The number of amides is 3. The Balaban J connectivity index is 1.42. The predicted molar refractivity (Wildman–Crippen MR) is 97.2 cm³/mol. The van der Waals surface area contributed by atoms with Crippen LogP contribution >= 0.6 is 11.3 Å². The molecule has 0 spiro atoms. The van der Waals surface area contributed by atoms with Crippen molar-refractivity contribution in [2.75, 3.05) is 18.5 Å². The van der Waals surface area contributed by atoms with Gasteiger partial charge in [0.25, 0.3) is 5.91 Å². The van der Waals surface area contributed by atoms with Crippen molar-refractivity contribution in [2.24, 2.45) is 10.9 Å². The summed E-state index contributed by atoms with van der Waals surface area (Å²) >= 11 is 1.26. The van der Waals surface area contributed by atoms with Crippen molar-refractivity contribution < 1.29 is 19.1 Å². The van der Waals surface area contributed by atoms with Gasteiger partial charge in [-0.05, 0) is 25.3 Å². The summed E-state index contributed by atoms with van der Waals surface area (Å²) in [4.78, 5) is 43.4. The molecule has 9 heteroatoms. The first kappa shape index (κ1) is 18.4. The van der Waals surface area contributed by atoms with Crippen LogP contribution in [0, 0.1) is 5.92 Å². The fourth-order valence-electron chi connectivity index (χ4n) is 2.66. The van der Waals surface area contributed by atoms with Crippen LogP contribution in [0.15, 0.2) is 22.5 Å². The normalized spacial score (nSPS) is 21.8. The monoisotopic (exact) mass is 376 g/mol. The zero-order valence-electron chi connectivity index (χ0n) is 14.1. The van der Waals surface area contributed by atoms with Crippen LogP contribution in [-0.2, 0) is 25.5 Å². The first-order valence-electron chi connectivity index (χ1n) is 8.50. The Kier molecular flexibility index (Phi) is 6.24. The lowest BCUT2D eigenvalue weighted by Gasteiger charge is -2.10. The third-order valence-electron chi connectivity index (χ3n) is 4.08. The van der Waals surface area contributed by atoms with E-state index >= 15 is 0 Å². The number of hydrogen-bond acceptors (Lipinski definition) is 6. The maximum Gasteiger partial charge on any atom is 0.262 e. The molecule has 2 aliphatic rings. The number of dihydropyridines is 1. The first-order valence-corrected chi connectivity index (χ1v) is 9.38. The van der Waals surface area contributed by atoms with Gasteiger partial charge in [-0.2, -0.15) is 0 Å². The van der Waals surface area contributed by atoms with Gasteiger partial charge < -0.3 is 15.4 Å². The van der Waals surface area contributed by atoms with E-state index in [1.807, 2.05) is 0 Å². The Morgan fingerprint density at radius 1 is 1.38 bits per heavy atom. The van der Waals surface area contributed by atoms with Gasteiger partial charge in [-0.15, -0.1) is 11.3 Å². The molecule has 26 heavy (non-hydrogen) atoms. The maximum absolute atomic E-state index is 12.1. The molecule has 8 nitrogen and oxygen atoms in total. The summed E-state index contributed by atoms with van der Waals surface area (Å²) in [6.07, 6.45) is 7.38. The summed E-state index contributed by atoms with van der Waals surface area (Å²) in [6, 6.07) is 0. The van der Waals surface area contributed by atoms with Crippen molar-refractivity contribution in [3.05, 3.63) is 23.2 Å². The maximum atomic E-state index is 12.1. The molecule has 2 aliphatic heterocycles. The standard InChI is InChI=1S/C17H20N4O4S/c22-14(19-9-12-3-2-8-25-12)6-5-11-10-26-17(20-11)21-16(24)13-4-1-7-18-15(13)23/h1,4,7,10,12-13H,2-3,5-6,8-9H2,(H,19,22)(H,20,21,24). The fraction of sp³-hybridized carbons (Fsp3) is 0.471. The molecule has 138 valence electrons. The van der Waals surface area contributed by atoms with Crippen molar-refractivity contribution in [2.45, 2.75) is 31.8 Å². The number of ether oxygens (including phenoxy) is 1. The summed E-state index contributed by atoms with van der Waals surface area (Å²) in [5, 5.41) is 7.68. The van der Waals surface area contributed by atoms with Crippen LogP contribution in [0.25, 0.3) is 0 Å². The van der Waals surface area contributed by atoms with Gasteiger partial charge >= 0.3 is 0 Å². The lowest BCUT2D eigenvalue weighted by Crippen LogP contribution is -2.31. The minimum atomic E-state index is -0.920. The summed E-state index contributed by atoms with van der Waals surface area (Å²) in [7, 11) is 0. The third kappa shape index (κ3) is 5.06. The molecular weight excluding hydrogens is 356 g/mol. The van der Waals surface area contributed by atoms with Crippen LogP contribution in [0.2, 0.25) is 0 Å². The molecule has 0 saturated carbocycles. The number of aromatic nitrogens is 1. The van der Waals surface area contributed by atoms with Crippen molar-refractivity contribution in [1.29, 1.82) is 0 Å². The second-order valence-corrected chi connectivity index (χ2v) is 6.91. The average Bonchev–Trinajstić information content (AvgIpc) is 3.30. The summed E-state index contributed by atoms with van der Waals surface area (Å²) in [5.74, 6) is -1.92. The molecule has 3 heterocycles. The van der Waals surface area contributed by atoms with E-state index in [0.29, 0.717) is 24.5 Å². The molecule has 2 N–H and O–H groups in total. The molecule has 1 fully saturated rings. The van der Waals surface area contributed by atoms with E-state index in [0.717, 1.165) is 25.1 Å². The molecule has 1 aromatic heterocycles. The molecule has 0 aromatic carbocycles. The Bertz CT molecular complexity index is 737. The number of carbonyl (C=O) groups excluding carboxylic acids is 3. The number of hydrogen-bond donors (Lipinski definition) is 2. The van der Waals surface area contributed by atoms with Gasteiger partial charge in [-0.3, -0.25) is 14.4 Å². The van der Waals surface area contributed by atoms with Crippen LogP contribution in [-0.4, -0.2) is 48.2 Å². The number of thiazole rings is 1. The van der Waals surface area contributed by atoms with Gasteiger partial charge in [0.2, 0.25) is 11.8 Å². The van der Waals surface area contributed by atoms with E-state index in [2.05, 4.69) is 20.6 Å². The van der Waals surface area contributed by atoms with Crippen LogP contribution < -0.4 is 10.6 Å². The van der Waals surface area contributed by atoms with E-state index in [1.165, 1.54) is 23.6 Å². The Morgan fingerprint density at radius 3 is 3.04 bits per heavy atom. The lowest BCUT2D eigenvalue weighted by atomic mass is 10.1. The summed E-state index contributed by atoms with van der Waals surface area (Å²) in [5.41, 5.74) is 0.723. The van der Waals surface area contributed by atoms with Gasteiger partial charge in [-0.25, -0.2) is 9.98 Å². The highest BCUT2D eigenvalue weighted by Crippen LogP contribution is 2.18. The molecule has 0 radical (unpaired) electrons. The second kappa shape index (κ2) is 8.81. The smallest absolute Gasteiger partial charge is 0.262 e. The van der Waals surface area contributed by atoms with Gasteiger partial charge in [0, 0.05) is 31.2 Å². The predicted octanol–water partition coefficient (Wildman–Crippen LogP) is 1.09. The number of carbonyl (C=O) groups is 3.